The standard InChI is InChI=1S/C17H27NO/c1-12(2)19-17-14(4)13(3)8-9-15(17)11-16-7-5-6-10-18-16/h8-9,12,16,18H,5-7,10-11H2,1-4H3. The Hall–Kier alpha value is -1.02. The third-order valence-electron chi connectivity index (χ3n) is 3.99. The molecule has 106 valence electrons. The monoisotopic (exact) mass is 261 g/mol. The zero-order chi connectivity index (χ0) is 13.8. The summed E-state index contributed by atoms with van der Waals surface area (Å²) < 4.78 is 6.07. The molecule has 0 saturated carbocycles. The molecule has 0 bridgehead atoms. The van der Waals surface area contributed by atoms with Gasteiger partial charge in [-0.15, -0.1) is 0 Å². The maximum Gasteiger partial charge on any atom is 0.126 e. The quantitative estimate of drug-likeness (QED) is 0.890. The Morgan fingerprint density at radius 2 is 2.05 bits per heavy atom. The second-order valence-electron chi connectivity index (χ2n) is 6.01. The van der Waals surface area contributed by atoms with Gasteiger partial charge in [-0.2, -0.15) is 0 Å². The van der Waals surface area contributed by atoms with Crippen LogP contribution in [0.25, 0.3) is 0 Å². The molecule has 0 aromatic heterocycles. The molecule has 0 aliphatic carbocycles. The van der Waals surface area contributed by atoms with Gasteiger partial charge in [-0.3, -0.25) is 0 Å². The molecule has 1 aromatic carbocycles. The predicted molar refractivity (Wildman–Crippen MR) is 81.0 cm³/mol. The number of hydrogen-bond donors (Lipinski definition) is 1. The van der Waals surface area contributed by atoms with Crippen LogP contribution in [-0.2, 0) is 6.42 Å². The lowest BCUT2D eigenvalue weighted by molar-refractivity contribution is 0.237. The first kappa shape index (κ1) is 14.4. The highest BCUT2D eigenvalue weighted by molar-refractivity contribution is 5.45. The van der Waals surface area contributed by atoms with Gasteiger partial charge in [0.1, 0.15) is 5.75 Å². The van der Waals surface area contributed by atoms with E-state index in [0.717, 1.165) is 18.7 Å². The highest BCUT2D eigenvalue weighted by Gasteiger charge is 2.17. The predicted octanol–water partition coefficient (Wildman–Crippen LogP) is 3.78. The molecule has 1 aromatic rings. The lowest BCUT2D eigenvalue weighted by Gasteiger charge is -2.25. The molecule has 1 heterocycles. The molecule has 2 nitrogen and oxygen atoms in total. The van der Waals surface area contributed by atoms with Gasteiger partial charge in [0.25, 0.3) is 0 Å². The Kier molecular flexibility index (Phi) is 4.87. The van der Waals surface area contributed by atoms with E-state index in [-0.39, 0.29) is 6.10 Å². The zero-order valence-corrected chi connectivity index (χ0v) is 12.8. The van der Waals surface area contributed by atoms with Crippen LogP contribution in [-0.4, -0.2) is 18.7 Å². The van der Waals surface area contributed by atoms with Crippen LogP contribution in [0.15, 0.2) is 12.1 Å². The van der Waals surface area contributed by atoms with Crippen LogP contribution in [0.5, 0.6) is 5.75 Å². The van der Waals surface area contributed by atoms with Gasteiger partial charge in [-0.1, -0.05) is 18.6 Å². The van der Waals surface area contributed by atoms with Crippen molar-refractivity contribution in [2.75, 3.05) is 6.54 Å². The van der Waals surface area contributed by atoms with Crippen molar-refractivity contribution in [3.63, 3.8) is 0 Å². The van der Waals surface area contributed by atoms with Crippen LogP contribution in [0.2, 0.25) is 0 Å². The van der Waals surface area contributed by atoms with Gasteiger partial charge >= 0.3 is 0 Å². The fourth-order valence-corrected chi connectivity index (χ4v) is 2.77. The second kappa shape index (κ2) is 6.42. The first-order valence-corrected chi connectivity index (χ1v) is 7.57. The molecular weight excluding hydrogens is 234 g/mol. The van der Waals surface area contributed by atoms with Gasteiger partial charge in [0, 0.05) is 6.04 Å². The Morgan fingerprint density at radius 3 is 2.68 bits per heavy atom. The zero-order valence-electron chi connectivity index (χ0n) is 12.8. The lowest BCUT2D eigenvalue weighted by atomic mass is 9.94. The van der Waals surface area contributed by atoms with Crippen molar-refractivity contribution in [1.29, 1.82) is 0 Å². The Labute approximate surface area is 117 Å². The van der Waals surface area contributed by atoms with E-state index in [1.54, 1.807) is 0 Å². The number of aryl methyl sites for hydroxylation is 1. The van der Waals surface area contributed by atoms with Gasteiger partial charge in [0.15, 0.2) is 0 Å². The van der Waals surface area contributed by atoms with E-state index in [0.29, 0.717) is 6.04 Å². The van der Waals surface area contributed by atoms with Gasteiger partial charge in [-0.05, 0) is 70.2 Å². The third kappa shape index (κ3) is 3.73. The van der Waals surface area contributed by atoms with Crippen molar-refractivity contribution in [1.82, 2.24) is 5.32 Å². The molecule has 19 heavy (non-hydrogen) atoms. The average molecular weight is 261 g/mol. The Bertz CT molecular complexity index is 420. The molecule has 1 saturated heterocycles. The Morgan fingerprint density at radius 1 is 1.26 bits per heavy atom. The normalized spacial score (nSPS) is 19.7. The molecule has 0 amide bonds. The number of rotatable bonds is 4. The van der Waals surface area contributed by atoms with Crippen molar-refractivity contribution in [2.45, 2.75) is 65.5 Å². The fourth-order valence-electron chi connectivity index (χ4n) is 2.77. The van der Waals surface area contributed by atoms with E-state index < -0.39 is 0 Å². The molecule has 1 atom stereocenters. The summed E-state index contributed by atoms with van der Waals surface area (Å²) in [6, 6.07) is 5.09. The number of benzene rings is 1. The molecule has 2 heteroatoms. The largest absolute Gasteiger partial charge is 0.490 e. The molecule has 0 radical (unpaired) electrons. The van der Waals surface area contributed by atoms with Crippen molar-refractivity contribution in [3.8, 4) is 5.75 Å². The van der Waals surface area contributed by atoms with E-state index in [9.17, 15) is 0 Å². The smallest absolute Gasteiger partial charge is 0.126 e. The molecule has 2 rings (SSSR count). The maximum absolute atomic E-state index is 6.07. The van der Waals surface area contributed by atoms with Crippen molar-refractivity contribution >= 4 is 0 Å². The fraction of sp³-hybridized carbons (Fsp3) is 0.647. The summed E-state index contributed by atoms with van der Waals surface area (Å²) in [6.07, 6.45) is 5.28. The maximum atomic E-state index is 6.07. The average Bonchev–Trinajstić information content (AvgIpc) is 2.39. The molecule has 1 fully saturated rings. The Balaban J connectivity index is 2.20. The number of piperidine rings is 1. The summed E-state index contributed by atoms with van der Waals surface area (Å²) in [5.41, 5.74) is 3.97. The summed E-state index contributed by atoms with van der Waals surface area (Å²) in [6.45, 7) is 9.70. The van der Waals surface area contributed by atoms with E-state index in [1.165, 1.54) is 36.0 Å². The van der Waals surface area contributed by atoms with Crippen LogP contribution in [0.3, 0.4) is 0 Å². The molecular formula is C17H27NO. The third-order valence-corrected chi connectivity index (χ3v) is 3.99. The summed E-state index contributed by atoms with van der Waals surface area (Å²) in [5, 5.41) is 3.63. The molecule has 1 N–H and O–H groups in total. The van der Waals surface area contributed by atoms with Crippen molar-refractivity contribution in [3.05, 3.63) is 28.8 Å². The van der Waals surface area contributed by atoms with Crippen molar-refractivity contribution < 1.29 is 4.74 Å². The number of hydrogen-bond acceptors (Lipinski definition) is 2. The number of ether oxygens (including phenoxy) is 1. The summed E-state index contributed by atoms with van der Waals surface area (Å²) in [7, 11) is 0. The minimum absolute atomic E-state index is 0.235. The summed E-state index contributed by atoms with van der Waals surface area (Å²) in [5.74, 6) is 1.11. The lowest BCUT2D eigenvalue weighted by Crippen LogP contribution is -2.35. The van der Waals surface area contributed by atoms with Gasteiger partial charge in [0.2, 0.25) is 0 Å². The summed E-state index contributed by atoms with van der Waals surface area (Å²) >= 11 is 0. The topological polar surface area (TPSA) is 21.3 Å². The van der Waals surface area contributed by atoms with Crippen LogP contribution < -0.4 is 10.1 Å². The minimum atomic E-state index is 0.235. The van der Waals surface area contributed by atoms with Crippen LogP contribution in [0.4, 0.5) is 0 Å². The molecule has 1 aliphatic rings. The van der Waals surface area contributed by atoms with Crippen molar-refractivity contribution in [2.24, 2.45) is 0 Å². The minimum Gasteiger partial charge on any atom is -0.490 e. The first-order valence-electron chi connectivity index (χ1n) is 7.57. The van der Waals surface area contributed by atoms with E-state index in [2.05, 4.69) is 45.1 Å². The summed E-state index contributed by atoms with van der Waals surface area (Å²) in [4.78, 5) is 0. The van der Waals surface area contributed by atoms with E-state index >= 15 is 0 Å². The molecule has 1 unspecified atom stereocenters. The highest BCUT2D eigenvalue weighted by Crippen LogP contribution is 2.29. The van der Waals surface area contributed by atoms with Crippen LogP contribution in [0.1, 0.15) is 49.8 Å². The number of nitrogens with one attached hydrogen (secondary N) is 1. The first-order chi connectivity index (χ1) is 9.08. The van der Waals surface area contributed by atoms with E-state index in [4.69, 9.17) is 4.74 Å². The molecule has 1 aliphatic heterocycles. The SMILES string of the molecule is Cc1ccc(CC2CCCCN2)c(OC(C)C)c1C. The van der Waals surface area contributed by atoms with Gasteiger partial charge in [-0.25, -0.2) is 0 Å². The van der Waals surface area contributed by atoms with Crippen LogP contribution >= 0.6 is 0 Å². The molecule has 0 spiro atoms. The second-order valence-corrected chi connectivity index (χ2v) is 6.01. The van der Waals surface area contributed by atoms with Crippen LogP contribution in [0, 0.1) is 13.8 Å². The van der Waals surface area contributed by atoms with Gasteiger partial charge < -0.3 is 10.1 Å². The highest BCUT2D eigenvalue weighted by atomic mass is 16.5. The van der Waals surface area contributed by atoms with E-state index in [1.807, 2.05) is 0 Å². The van der Waals surface area contributed by atoms with Gasteiger partial charge in [0.05, 0.1) is 6.10 Å².